The van der Waals surface area contributed by atoms with E-state index >= 15 is 0 Å². The second kappa shape index (κ2) is 50.2. The molecule has 0 aliphatic heterocycles. The van der Waals surface area contributed by atoms with E-state index in [0.29, 0.717) is 19.3 Å². The molecular formula is C56H94O6. The summed E-state index contributed by atoms with van der Waals surface area (Å²) in [7, 11) is 0. The van der Waals surface area contributed by atoms with Crippen LogP contribution in [0.5, 0.6) is 0 Å². The summed E-state index contributed by atoms with van der Waals surface area (Å²) in [6, 6.07) is 0. The third-order valence-electron chi connectivity index (χ3n) is 10.6. The zero-order valence-electron chi connectivity index (χ0n) is 40.4. The molecule has 0 bridgehead atoms. The Hall–Kier alpha value is -3.41. The van der Waals surface area contributed by atoms with Crippen molar-refractivity contribution in [3.8, 4) is 0 Å². The smallest absolute Gasteiger partial charge is 0.306 e. The molecule has 0 amide bonds. The van der Waals surface area contributed by atoms with Gasteiger partial charge in [-0.25, -0.2) is 0 Å². The summed E-state index contributed by atoms with van der Waals surface area (Å²) in [5.41, 5.74) is 0. The zero-order chi connectivity index (χ0) is 45.1. The number of hydrogen-bond acceptors (Lipinski definition) is 6. The van der Waals surface area contributed by atoms with E-state index in [4.69, 9.17) is 14.2 Å². The molecule has 0 N–H and O–H groups in total. The topological polar surface area (TPSA) is 78.9 Å². The van der Waals surface area contributed by atoms with Gasteiger partial charge in [-0.15, -0.1) is 0 Å². The highest BCUT2D eigenvalue weighted by molar-refractivity contribution is 5.71. The van der Waals surface area contributed by atoms with E-state index in [-0.39, 0.29) is 31.6 Å². The lowest BCUT2D eigenvalue weighted by atomic mass is 10.1. The maximum atomic E-state index is 12.7. The van der Waals surface area contributed by atoms with Gasteiger partial charge in [0.1, 0.15) is 13.2 Å². The Morgan fingerprint density at radius 1 is 0.339 bits per heavy atom. The van der Waals surface area contributed by atoms with Crippen LogP contribution >= 0.6 is 0 Å². The lowest BCUT2D eigenvalue weighted by Crippen LogP contribution is -2.30. The van der Waals surface area contributed by atoms with Crippen molar-refractivity contribution in [2.45, 2.75) is 239 Å². The average Bonchev–Trinajstić information content (AvgIpc) is 3.27. The number of ether oxygens (including phenoxy) is 3. The van der Waals surface area contributed by atoms with Crippen molar-refractivity contribution in [3.63, 3.8) is 0 Å². The van der Waals surface area contributed by atoms with E-state index in [1.54, 1.807) is 0 Å². The molecule has 0 saturated carbocycles. The van der Waals surface area contributed by atoms with Crippen LogP contribution in [0.4, 0.5) is 0 Å². The quantitative estimate of drug-likeness (QED) is 0.0263. The molecule has 0 saturated heterocycles. The lowest BCUT2D eigenvalue weighted by Gasteiger charge is -2.18. The number of hydrogen-bond donors (Lipinski definition) is 0. The first-order valence-electron chi connectivity index (χ1n) is 25.6. The van der Waals surface area contributed by atoms with Crippen LogP contribution in [0.1, 0.15) is 233 Å². The van der Waals surface area contributed by atoms with Gasteiger partial charge in [0.15, 0.2) is 6.10 Å². The molecule has 6 heteroatoms. The van der Waals surface area contributed by atoms with Gasteiger partial charge in [0, 0.05) is 19.3 Å². The fourth-order valence-electron chi connectivity index (χ4n) is 6.77. The number of allylic oxidation sites excluding steroid dienone is 14. The molecular weight excluding hydrogens is 769 g/mol. The van der Waals surface area contributed by atoms with Crippen molar-refractivity contribution in [2.75, 3.05) is 13.2 Å². The molecule has 0 aliphatic carbocycles. The van der Waals surface area contributed by atoms with Gasteiger partial charge in [-0.2, -0.15) is 0 Å². The van der Waals surface area contributed by atoms with Crippen LogP contribution in [0, 0.1) is 0 Å². The standard InChI is InChI=1S/C56H94O6/c1-4-7-10-13-16-19-22-25-26-27-28-29-30-32-34-37-40-43-46-49-55(58)61-52-53(51-60-54(57)48-45-42-39-36-33-24-21-18-15-12-9-6-3)62-56(59)50-47-44-41-38-35-31-23-20-17-14-11-8-5-2/h8,11,16-21,25-26,31,35,41,44,53H,4-7,9-10,12-15,22-24,27-30,32-34,36-40,42-43,45-52H2,1-3H3/b11-8-,19-16-,20-17-,21-18-,26-25-,35-31-,44-41-. The van der Waals surface area contributed by atoms with Gasteiger partial charge in [0.2, 0.25) is 0 Å². The molecule has 62 heavy (non-hydrogen) atoms. The van der Waals surface area contributed by atoms with Gasteiger partial charge in [-0.1, -0.05) is 196 Å². The van der Waals surface area contributed by atoms with Crippen LogP contribution in [-0.4, -0.2) is 37.2 Å². The van der Waals surface area contributed by atoms with Crippen LogP contribution in [0.2, 0.25) is 0 Å². The summed E-state index contributed by atoms with van der Waals surface area (Å²) in [6.07, 6.45) is 64.4. The number of unbranched alkanes of at least 4 members (excludes halogenated alkanes) is 20. The normalized spacial score (nSPS) is 12.8. The average molecular weight is 863 g/mol. The lowest BCUT2D eigenvalue weighted by molar-refractivity contribution is -0.166. The second-order valence-electron chi connectivity index (χ2n) is 16.7. The Morgan fingerprint density at radius 3 is 1.06 bits per heavy atom. The Morgan fingerprint density at radius 2 is 0.661 bits per heavy atom. The van der Waals surface area contributed by atoms with Gasteiger partial charge in [0.25, 0.3) is 0 Å². The molecule has 1 atom stereocenters. The van der Waals surface area contributed by atoms with E-state index in [1.807, 2.05) is 12.2 Å². The van der Waals surface area contributed by atoms with Crippen molar-refractivity contribution < 1.29 is 28.6 Å². The number of rotatable bonds is 45. The highest BCUT2D eigenvalue weighted by atomic mass is 16.6. The fraction of sp³-hybridized carbons (Fsp3) is 0.696. The Kier molecular flexibility index (Phi) is 47.5. The third kappa shape index (κ3) is 47.6. The van der Waals surface area contributed by atoms with Gasteiger partial charge in [-0.3, -0.25) is 14.4 Å². The largest absolute Gasteiger partial charge is 0.462 e. The predicted molar refractivity (Wildman–Crippen MR) is 265 cm³/mol. The van der Waals surface area contributed by atoms with Crippen molar-refractivity contribution in [2.24, 2.45) is 0 Å². The fourth-order valence-corrected chi connectivity index (χ4v) is 6.77. The van der Waals surface area contributed by atoms with Crippen molar-refractivity contribution in [1.82, 2.24) is 0 Å². The Labute approximate surface area is 382 Å². The predicted octanol–water partition coefficient (Wildman–Crippen LogP) is 16.8. The Balaban J connectivity index is 4.43. The number of carbonyl (C=O) groups is 3. The van der Waals surface area contributed by atoms with E-state index in [1.165, 1.54) is 103 Å². The number of carbonyl (C=O) groups excluding carboxylic acids is 3. The first-order chi connectivity index (χ1) is 30.5. The number of esters is 3. The molecule has 1 unspecified atom stereocenters. The Bertz CT molecular complexity index is 1220. The highest BCUT2D eigenvalue weighted by Crippen LogP contribution is 2.14. The summed E-state index contributed by atoms with van der Waals surface area (Å²) in [4.78, 5) is 37.9. The molecule has 0 rings (SSSR count). The summed E-state index contributed by atoms with van der Waals surface area (Å²) in [5.74, 6) is -1.01. The van der Waals surface area contributed by atoms with Gasteiger partial charge in [-0.05, 0) is 103 Å². The van der Waals surface area contributed by atoms with Gasteiger partial charge >= 0.3 is 17.9 Å². The molecule has 0 radical (unpaired) electrons. The minimum atomic E-state index is -0.818. The molecule has 0 aromatic heterocycles. The van der Waals surface area contributed by atoms with Crippen LogP contribution in [0.25, 0.3) is 0 Å². The van der Waals surface area contributed by atoms with Crippen molar-refractivity contribution >= 4 is 17.9 Å². The molecule has 0 aromatic carbocycles. The summed E-state index contributed by atoms with van der Waals surface area (Å²) in [5, 5.41) is 0. The van der Waals surface area contributed by atoms with E-state index in [0.717, 1.165) is 83.5 Å². The molecule has 354 valence electrons. The van der Waals surface area contributed by atoms with Crippen LogP contribution in [0.3, 0.4) is 0 Å². The van der Waals surface area contributed by atoms with Crippen molar-refractivity contribution in [3.05, 3.63) is 85.1 Å². The van der Waals surface area contributed by atoms with Crippen molar-refractivity contribution in [1.29, 1.82) is 0 Å². The second-order valence-corrected chi connectivity index (χ2v) is 16.7. The summed E-state index contributed by atoms with van der Waals surface area (Å²) < 4.78 is 16.7. The van der Waals surface area contributed by atoms with Crippen LogP contribution in [0.15, 0.2) is 85.1 Å². The molecule has 0 aromatic rings. The molecule has 0 aliphatic rings. The monoisotopic (exact) mass is 863 g/mol. The third-order valence-corrected chi connectivity index (χ3v) is 10.6. The maximum Gasteiger partial charge on any atom is 0.306 e. The first kappa shape index (κ1) is 58.6. The SMILES string of the molecule is CC/C=C\C/C=C\C/C=C\C/C=C\CCC(=O)OC(COC(=O)CCCCCCC/C=C\CCCCC)COC(=O)CCCCCCCCCCC/C=C\C/C=C\CCCCC. The molecule has 6 nitrogen and oxygen atoms in total. The molecule has 0 spiro atoms. The molecule has 0 fully saturated rings. The first-order valence-corrected chi connectivity index (χ1v) is 25.6. The van der Waals surface area contributed by atoms with Gasteiger partial charge in [0.05, 0.1) is 0 Å². The summed E-state index contributed by atoms with van der Waals surface area (Å²) in [6.45, 7) is 6.39. The van der Waals surface area contributed by atoms with Crippen LogP contribution < -0.4 is 0 Å². The molecule has 0 heterocycles. The summed E-state index contributed by atoms with van der Waals surface area (Å²) >= 11 is 0. The van der Waals surface area contributed by atoms with Gasteiger partial charge < -0.3 is 14.2 Å². The maximum absolute atomic E-state index is 12.7. The van der Waals surface area contributed by atoms with E-state index in [2.05, 4.69) is 93.7 Å². The minimum Gasteiger partial charge on any atom is -0.462 e. The zero-order valence-corrected chi connectivity index (χ0v) is 40.4. The highest BCUT2D eigenvalue weighted by Gasteiger charge is 2.19. The minimum absolute atomic E-state index is 0.110. The van der Waals surface area contributed by atoms with E-state index < -0.39 is 12.1 Å². The van der Waals surface area contributed by atoms with E-state index in [9.17, 15) is 14.4 Å². The van der Waals surface area contributed by atoms with Crippen LogP contribution in [-0.2, 0) is 28.6 Å².